The molecule has 0 amide bonds. The molecule has 0 radical (unpaired) electrons. The number of anilines is 1. The first-order chi connectivity index (χ1) is 9.27. The van der Waals surface area contributed by atoms with Crippen LogP contribution in [-0.2, 0) is 13.0 Å². The van der Waals surface area contributed by atoms with E-state index in [2.05, 4.69) is 17.4 Å². The van der Waals surface area contributed by atoms with Crippen LogP contribution < -0.4 is 5.73 Å². The fourth-order valence-electron chi connectivity index (χ4n) is 2.92. The van der Waals surface area contributed by atoms with Gasteiger partial charge in [-0.1, -0.05) is 18.9 Å². The van der Waals surface area contributed by atoms with Crippen LogP contribution in [0.3, 0.4) is 0 Å². The first-order valence-electron chi connectivity index (χ1n) is 7.22. The van der Waals surface area contributed by atoms with Crippen LogP contribution in [-0.4, -0.2) is 21.6 Å². The van der Waals surface area contributed by atoms with Crippen LogP contribution in [0.15, 0.2) is 12.7 Å². The highest BCUT2D eigenvalue weighted by Crippen LogP contribution is 2.35. The predicted molar refractivity (Wildman–Crippen MR) is 84.7 cm³/mol. The molecule has 0 spiro atoms. The van der Waals surface area contributed by atoms with Gasteiger partial charge < -0.3 is 10.3 Å². The number of nitrogens with two attached hydrogens (primary N) is 1. The Hall–Kier alpha value is -0.900. The van der Waals surface area contributed by atoms with Crippen LogP contribution in [0.2, 0.25) is 0 Å². The van der Waals surface area contributed by atoms with Crippen molar-refractivity contribution in [1.29, 1.82) is 0 Å². The number of thioether (sulfide) groups is 1. The predicted octanol–water partition coefficient (Wildman–Crippen LogP) is 3.60. The van der Waals surface area contributed by atoms with Gasteiger partial charge in [-0.2, -0.15) is 11.8 Å². The average molecular weight is 279 g/mol. The Morgan fingerprint density at radius 2 is 2.21 bits per heavy atom. The van der Waals surface area contributed by atoms with Crippen molar-refractivity contribution >= 4 is 17.6 Å². The minimum Gasteiger partial charge on any atom is -0.384 e. The Morgan fingerprint density at radius 3 is 2.84 bits per heavy atom. The maximum absolute atomic E-state index is 6.29. The molecule has 2 N–H and O–H groups in total. The largest absolute Gasteiger partial charge is 0.384 e. The fraction of sp³-hybridized carbons (Fsp3) is 0.667. The molecule has 0 atom stereocenters. The summed E-state index contributed by atoms with van der Waals surface area (Å²) in [7, 11) is 0. The average Bonchev–Trinajstić information content (AvgIpc) is 3.02. The summed E-state index contributed by atoms with van der Waals surface area (Å²) in [5, 5.41) is 0. The van der Waals surface area contributed by atoms with Crippen molar-refractivity contribution in [2.24, 2.45) is 0 Å². The van der Waals surface area contributed by atoms with Crippen molar-refractivity contribution in [1.82, 2.24) is 9.55 Å². The van der Waals surface area contributed by atoms with Crippen LogP contribution in [0.4, 0.5) is 5.82 Å². The van der Waals surface area contributed by atoms with E-state index in [0.29, 0.717) is 5.92 Å². The topological polar surface area (TPSA) is 43.8 Å². The van der Waals surface area contributed by atoms with Gasteiger partial charge in [0.1, 0.15) is 11.6 Å². The monoisotopic (exact) mass is 279 g/mol. The summed E-state index contributed by atoms with van der Waals surface area (Å²) < 4.78 is 2.18. The third kappa shape index (κ3) is 3.35. The summed E-state index contributed by atoms with van der Waals surface area (Å²) in [4.78, 5) is 4.86. The van der Waals surface area contributed by atoms with Crippen molar-refractivity contribution in [3.05, 3.63) is 24.2 Å². The van der Waals surface area contributed by atoms with E-state index in [0.717, 1.165) is 30.9 Å². The second-order valence-electron chi connectivity index (χ2n) is 5.28. The van der Waals surface area contributed by atoms with Crippen LogP contribution in [0.5, 0.6) is 0 Å². The molecule has 0 unspecified atom stereocenters. The number of aromatic nitrogens is 2. The summed E-state index contributed by atoms with van der Waals surface area (Å²) in [6, 6.07) is 0. The Kier molecular flexibility index (Phi) is 5.37. The second kappa shape index (κ2) is 7.04. The van der Waals surface area contributed by atoms with E-state index in [-0.39, 0.29) is 0 Å². The Balaban J connectivity index is 2.19. The van der Waals surface area contributed by atoms with Crippen LogP contribution in [0.1, 0.15) is 49.5 Å². The Labute approximate surface area is 120 Å². The van der Waals surface area contributed by atoms with Crippen LogP contribution >= 0.6 is 11.8 Å². The highest BCUT2D eigenvalue weighted by Gasteiger charge is 2.24. The van der Waals surface area contributed by atoms with Crippen molar-refractivity contribution in [3.63, 3.8) is 0 Å². The third-order valence-corrected chi connectivity index (χ3v) is 4.60. The molecule has 1 heterocycles. The summed E-state index contributed by atoms with van der Waals surface area (Å²) in [6.45, 7) is 4.63. The van der Waals surface area contributed by atoms with Crippen molar-refractivity contribution in [2.75, 3.05) is 17.7 Å². The van der Waals surface area contributed by atoms with Gasteiger partial charge >= 0.3 is 0 Å². The summed E-state index contributed by atoms with van der Waals surface area (Å²) in [5.41, 5.74) is 7.38. The molecule has 106 valence electrons. The SMILES string of the molecule is C=CCn1c(C2CCCC2)nc(CCCSC)c1N. The van der Waals surface area contributed by atoms with Gasteiger partial charge in [-0.05, 0) is 37.7 Å². The smallest absolute Gasteiger partial charge is 0.127 e. The van der Waals surface area contributed by atoms with Gasteiger partial charge in [0, 0.05) is 12.5 Å². The molecule has 1 saturated carbocycles. The molecule has 1 aliphatic carbocycles. The Bertz CT molecular complexity index is 419. The zero-order valence-corrected chi connectivity index (χ0v) is 12.7. The van der Waals surface area contributed by atoms with Gasteiger partial charge in [0.15, 0.2) is 0 Å². The quantitative estimate of drug-likeness (QED) is 0.612. The van der Waals surface area contributed by atoms with E-state index in [1.807, 2.05) is 17.8 Å². The molecule has 3 nitrogen and oxygen atoms in total. The van der Waals surface area contributed by atoms with Gasteiger partial charge in [0.2, 0.25) is 0 Å². The molecule has 19 heavy (non-hydrogen) atoms. The number of nitrogens with zero attached hydrogens (tertiary/aromatic N) is 2. The van der Waals surface area contributed by atoms with Crippen molar-refractivity contribution < 1.29 is 0 Å². The van der Waals surface area contributed by atoms with Crippen molar-refractivity contribution in [2.45, 2.75) is 51.0 Å². The van der Waals surface area contributed by atoms with E-state index >= 15 is 0 Å². The fourth-order valence-corrected chi connectivity index (χ4v) is 3.35. The molecule has 1 fully saturated rings. The number of rotatable bonds is 7. The normalized spacial score (nSPS) is 16.1. The van der Waals surface area contributed by atoms with Gasteiger partial charge in [-0.3, -0.25) is 0 Å². The molecule has 0 saturated heterocycles. The number of imidazole rings is 1. The molecule has 0 bridgehead atoms. The molecule has 0 aliphatic heterocycles. The van der Waals surface area contributed by atoms with E-state index in [9.17, 15) is 0 Å². The minimum atomic E-state index is 0.608. The van der Waals surface area contributed by atoms with E-state index in [1.165, 1.54) is 37.3 Å². The lowest BCUT2D eigenvalue weighted by atomic mass is 10.1. The zero-order valence-electron chi connectivity index (χ0n) is 11.9. The lowest BCUT2D eigenvalue weighted by Gasteiger charge is -2.11. The molecular weight excluding hydrogens is 254 g/mol. The molecule has 4 heteroatoms. The maximum atomic E-state index is 6.29. The van der Waals surface area contributed by atoms with Crippen LogP contribution in [0.25, 0.3) is 0 Å². The van der Waals surface area contributed by atoms with Gasteiger partial charge in [-0.15, -0.1) is 6.58 Å². The molecule has 1 aromatic rings. The minimum absolute atomic E-state index is 0.608. The summed E-state index contributed by atoms with van der Waals surface area (Å²) >= 11 is 1.88. The van der Waals surface area contributed by atoms with Crippen molar-refractivity contribution in [3.8, 4) is 0 Å². The molecule has 0 aromatic carbocycles. The second-order valence-corrected chi connectivity index (χ2v) is 6.26. The number of aryl methyl sites for hydroxylation is 1. The van der Waals surface area contributed by atoms with Gasteiger partial charge in [0.05, 0.1) is 5.69 Å². The highest BCUT2D eigenvalue weighted by molar-refractivity contribution is 7.98. The molecule has 2 rings (SSSR count). The number of hydrogen-bond donors (Lipinski definition) is 1. The lowest BCUT2D eigenvalue weighted by molar-refractivity contribution is 0.617. The number of nitrogen functional groups attached to an aromatic ring is 1. The van der Waals surface area contributed by atoms with E-state index < -0.39 is 0 Å². The van der Waals surface area contributed by atoms with E-state index in [1.54, 1.807) is 0 Å². The molecule has 1 aliphatic rings. The van der Waals surface area contributed by atoms with Gasteiger partial charge in [0.25, 0.3) is 0 Å². The molecular formula is C15H25N3S. The number of hydrogen-bond acceptors (Lipinski definition) is 3. The highest BCUT2D eigenvalue weighted by atomic mass is 32.2. The maximum Gasteiger partial charge on any atom is 0.127 e. The van der Waals surface area contributed by atoms with Crippen LogP contribution in [0, 0.1) is 0 Å². The summed E-state index contributed by atoms with van der Waals surface area (Å²) in [5.74, 6) is 3.85. The first-order valence-corrected chi connectivity index (χ1v) is 8.62. The molecule has 1 aromatic heterocycles. The summed E-state index contributed by atoms with van der Waals surface area (Å²) in [6.07, 6.45) is 11.4. The third-order valence-electron chi connectivity index (χ3n) is 3.91. The van der Waals surface area contributed by atoms with Gasteiger partial charge in [-0.25, -0.2) is 4.98 Å². The lowest BCUT2D eigenvalue weighted by Crippen LogP contribution is -2.08. The first kappa shape index (κ1) is 14.5. The number of allylic oxidation sites excluding steroid dienone is 1. The zero-order chi connectivity index (χ0) is 13.7. The standard InChI is InChI=1S/C15H25N3S/c1-3-10-18-14(16)13(9-6-11-19-2)17-15(18)12-7-4-5-8-12/h3,12H,1,4-11,16H2,2H3. The Morgan fingerprint density at radius 1 is 1.47 bits per heavy atom. The van der Waals surface area contributed by atoms with E-state index in [4.69, 9.17) is 10.7 Å².